The summed E-state index contributed by atoms with van der Waals surface area (Å²) in [6.45, 7) is 5.46. The molecule has 1 aliphatic carbocycles. The van der Waals surface area contributed by atoms with Gasteiger partial charge in [0.05, 0.1) is 5.56 Å². The van der Waals surface area contributed by atoms with E-state index in [0.29, 0.717) is 17.2 Å². The average molecular weight is 263 g/mol. The summed E-state index contributed by atoms with van der Waals surface area (Å²) >= 11 is 0. The van der Waals surface area contributed by atoms with Gasteiger partial charge in [0, 0.05) is 17.8 Å². The van der Waals surface area contributed by atoms with E-state index in [1.165, 1.54) is 18.9 Å². The first-order valence-corrected chi connectivity index (χ1v) is 6.89. The molecule has 0 amide bonds. The number of hydrogen-bond acceptors (Lipinski definition) is 2. The first kappa shape index (κ1) is 13.8. The minimum absolute atomic E-state index is 0.0775. The van der Waals surface area contributed by atoms with Crippen LogP contribution in [0.1, 0.15) is 60.3 Å². The lowest BCUT2D eigenvalue weighted by molar-refractivity contribution is 0.0693. The maximum Gasteiger partial charge on any atom is 0.337 e. The average Bonchev–Trinajstić information content (AvgIpc) is 2.80. The van der Waals surface area contributed by atoms with Gasteiger partial charge in [-0.1, -0.05) is 12.8 Å². The van der Waals surface area contributed by atoms with Gasteiger partial charge < -0.3 is 9.67 Å². The van der Waals surface area contributed by atoms with Crippen molar-refractivity contribution in [1.82, 2.24) is 4.57 Å². The van der Waals surface area contributed by atoms with Gasteiger partial charge >= 0.3 is 5.97 Å². The Morgan fingerprint density at radius 1 is 1.37 bits per heavy atom. The molecule has 4 heteroatoms. The molecular weight excluding hydrogens is 242 g/mol. The van der Waals surface area contributed by atoms with E-state index in [4.69, 9.17) is 0 Å². The second kappa shape index (κ2) is 5.19. The van der Waals surface area contributed by atoms with Crippen LogP contribution in [0, 0.1) is 19.8 Å². The van der Waals surface area contributed by atoms with Crippen molar-refractivity contribution in [1.29, 1.82) is 0 Å². The molecule has 0 aliphatic heterocycles. The van der Waals surface area contributed by atoms with Crippen molar-refractivity contribution in [2.75, 3.05) is 0 Å². The fourth-order valence-corrected chi connectivity index (χ4v) is 3.38. The first-order valence-electron chi connectivity index (χ1n) is 6.89. The quantitative estimate of drug-likeness (QED) is 0.912. The highest BCUT2D eigenvalue weighted by Crippen LogP contribution is 2.34. The van der Waals surface area contributed by atoms with Crippen molar-refractivity contribution in [3.05, 3.63) is 33.2 Å². The van der Waals surface area contributed by atoms with E-state index in [1.807, 2.05) is 6.92 Å². The monoisotopic (exact) mass is 263 g/mol. The normalized spacial score (nSPS) is 17.6. The van der Waals surface area contributed by atoms with Crippen LogP contribution in [0.4, 0.5) is 0 Å². The Balaban J connectivity index is 2.53. The van der Waals surface area contributed by atoms with Crippen LogP contribution >= 0.6 is 0 Å². The molecule has 0 spiro atoms. The Morgan fingerprint density at radius 3 is 2.47 bits per heavy atom. The van der Waals surface area contributed by atoms with Crippen molar-refractivity contribution in [2.24, 2.45) is 5.92 Å². The summed E-state index contributed by atoms with van der Waals surface area (Å²) in [5.41, 5.74) is 1.31. The number of carboxylic acid groups (broad SMARTS) is 1. The summed E-state index contributed by atoms with van der Waals surface area (Å²) < 4.78 is 1.67. The van der Waals surface area contributed by atoms with Crippen molar-refractivity contribution in [3.63, 3.8) is 0 Å². The Bertz CT molecular complexity index is 553. The highest BCUT2D eigenvalue weighted by atomic mass is 16.4. The molecule has 4 nitrogen and oxygen atoms in total. The molecular formula is C15H21NO3. The fraction of sp³-hybridized carbons (Fsp3) is 0.600. The molecule has 1 heterocycles. The summed E-state index contributed by atoms with van der Waals surface area (Å²) in [4.78, 5) is 23.5. The predicted molar refractivity (Wildman–Crippen MR) is 73.8 cm³/mol. The van der Waals surface area contributed by atoms with E-state index in [1.54, 1.807) is 18.4 Å². The van der Waals surface area contributed by atoms with Crippen LogP contribution in [0.2, 0.25) is 0 Å². The lowest BCUT2D eigenvalue weighted by Gasteiger charge is -2.25. The van der Waals surface area contributed by atoms with Crippen LogP contribution in [-0.2, 0) is 0 Å². The number of carbonyl (C=O) groups is 1. The molecule has 1 aromatic heterocycles. The van der Waals surface area contributed by atoms with Crippen LogP contribution in [0.3, 0.4) is 0 Å². The van der Waals surface area contributed by atoms with Gasteiger partial charge in [-0.3, -0.25) is 4.79 Å². The third-order valence-corrected chi connectivity index (χ3v) is 4.40. The van der Waals surface area contributed by atoms with Crippen molar-refractivity contribution in [2.45, 2.75) is 52.5 Å². The number of rotatable bonds is 3. The maximum absolute atomic E-state index is 12.2. The minimum atomic E-state index is -0.956. The van der Waals surface area contributed by atoms with E-state index in [0.717, 1.165) is 12.8 Å². The van der Waals surface area contributed by atoms with Crippen molar-refractivity contribution in [3.8, 4) is 0 Å². The van der Waals surface area contributed by atoms with Crippen LogP contribution in [0.25, 0.3) is 0 Å². The molecule has 1 atom stereocenters. The number of nitrogens with zero attached hydrogens (tertiary/aromatic N) is 1. The van der Waals surface area contributed by atoms with Crippen molar-refractivity contribution < 1.29 is 9.90 Å². The molecule has 1 N–H and O–H groups in total. The third kappa shape index (κ3) is 2.44. The summed E-state index contributed by atoms with van der Waals surface area (Å²) in [6, 6.07) is 1.52. The number of aromatic nitrogens is 1. The predicted octanol–water partition coefficient (Wildman–Crippen LogP) is 2.91. The molecule has 0 aromatic carbocycles. The van der Waals surface area contributed by atoms with E-state index >= 15 is 0 Å². The molecule has 19 heavy (non-hydrogen) atoms. The van der Waals surface area contributed by atoms with Crippen LogP contribution in [0.15, 0.2) is 10.9 Å². The Kier molecular flexibility index (Phi) is 3.78. The largest absolute Gasteiger partial charge is 0.478 e. The van der Waals surface area contributed by atoms with E-state index in [2.05, 4.69) is 0 Å². The summed E-state index contributed by atoms with van der Waals surface area (Å²) in [5, 5.41) is 9.29. The SMILES string of the molecule is Cc1cc(=O)n(C(C)C2CCCC2)c(C)c1C(=O)O. The summed E-state index contributed by atoms with van der Waals surface area (Å²) in [5.74, 6) is -0.469. The molecule has 1 aliphatic rings. The van der Waals surface area contributed by atoms with Gasteiger partial charge in [0.1, 0.15) is 0 Å². The van der Waals surface area contributed by atoms with Gasteiger partial charge in [0.25, 0.3) is 5.56 Å². The summed E-state index contributed by atoms with van der Waals surface area (Å²) in [6.07, 6.45) is 4.67. The highest BCUT2D eigenvalue weighted by molar-refractivity contribution is 5.90. The van der Waals surface area contributed by atoms with E-state index < -0.39 is 5.97 Å². The second-order valence-electron chi connectivity index (χ2n) is 5.59. The Labute approximate surface area is 113 Å². The lowest BCUT2D eigenvalue weighted by atomic mass is 9.97. The Hall–Kier alpha value is -1.58. The summed E-state index contributed by atoms with van der Waals surface area (Å²) in [7, 11) is 0. The number of carboxylic acids is 1. The fourth-order valence-electron chi connectivity index (χ4n) is 3.38. The van der Waals surface area contributed by atoms with Gasteiger partial charge in [-0.2, -0.15) is 0 Å². The molecule has 0 bridgehead atoms. The molecule has 104 valence electrons. The Morgan fingerprint density at radius 2 is 1.95 bits per heavy atom. The van der Waals surface area contributed by atoms with Gasteiger partial charge in [-0.15, -0.1) is 0 Å². The zero-order valence-corrected chi connectivity index (χ0v) is 11.8. The smallest absolute Gasteiger partial charge is 0.337 e. The number of pyridine rings is 1. The maximum atomic E-state index is 12.2. The number of hydrogen-bond donors (Lipinski definition) is 1. The van der Waals surface area contributed by atoms with Gasteiger partial charge in [0.2, 0.25) is 0 Å². The molecule has 1 aromatic rings. The third-order valence-electron chi connectivity index (χ3n) is 4.40. The first-order chi connectivity index (χ1) is 8.93. The van der Waals surface area contributed by atoms with E-state index in [-0.39, 0.29) is 17.2 Å². The number of aromatic carboxylic acids is 1. The number of aryl methyl sites for hydroxylation is 1. The van der Waals surface area contributed by atoms with Crippen LogP contribution in [-0.4, -0.2) is 15.6 Å². The van der Waals surface area contributed by atoms with Crippen LogP contribution < -0.4 is 5.56 Å². The minimum Gasteiger partial charge on any atom is -0.478 e. The van der Waals surface area contributed by atoms with Gasteiger partial charge in [-0.05, 0) is 45.1 Å². The molecule has 0 saturated heterocycles. The van der Waals surface area contributed by atoms with E-state index in [9.17, 15) is 14.7 Å². The zero-order chi connectivity index (χ0) is 14.2. The molecule has 1 saturated carbocycles. The van der Waals surface area contributed by atoms with Crippen molar-refractivity contribution >= 4 is 5.97 Å². The highest BCUT2D eigenvalue weighted by Gasteiger charge is 2.26. The van der Waals surface area contributed by atoms with Gasteiger partial charge in [-0.25, -0.2) is 4.79 Å². The molecule has 1 fully saturated rings. The molecule has 0 radical (unpaired) electrons. The standard InChI is InChI=1S/C15H21NO3/c1-9-8-13(17)16(11(3)14(9)15(18)19)10(2)12-6-4-5-7-12/h8,10,12H,4-7H2,1-3H3,(H,18,19). The molecule has 1 unspecified atom stereocenters. The second-order valence-corrected chi connectivity index (χ2v) is 5.59. The van der Waals surface area contributed by atoms with Gasteiger partial charge in [0.15, 0.2) is 0 Å². The van der Waals surface area contributed by atoms with Crippen LogP contribution in [0.5, 0.6) is 0 Å². The lowest BCUT2D eigenvalue weighted by Crippen LogP contribution is -2.31. The zero-order valence-electron chi connectivity index (χ0n) is 11.8. The topological polar surface area (TPSA) is 59.3 Å². The molecule has 2 rings (SSSR count).